The van der Waals surface area contributed by atoms with Crippen LogP contribution in [0.3, 0.4) is 0 Å². The number of thiophene rings is 1. The van der Waals surface area contributed by atoms with Crippen LogP contribution < -0.4 is 0 Å². The fourth-order valence-electron chi connectivity index (χ4n) is 3.29. The van der Waals surface area contributed by atoms with Gasteiger partial charge in [-0.05, 0) is 48.4 Å². The van der Waals surface area contributed by atoms with E-state index < -0.39 is 29.1 Å². The Kier molecular flexibility index (Phi) is 5.73. The number of carboxylic acids is 1. The number of fused-ring (bicyclic) bond motifs is 1. The van der Waals surface area contributed by atoms with Gasteiger partial charge in [-0.1, -0.05) is 0 Å². The number of ketones is 1. The lowest BCUT2D eigenvalue weighted by molar-refractivity contribution is -0.136. The van der Waals surface area contributed by atoms with E-state index in [0.29, 0.717) is 32.8 Å². The van der Waals surface area contributed by atoms with Crippen molar-refractivity contribution >= 4 is 52.4 Å². The first-order chi connectivity index (χ1) is 12.7. The first-order valence-corrected chi connectivity index (χ1v) is 10.1. The molecule has 0 spiro atoms. The summed E-state index contributed by atoms with van der Waals surface area (Å²) in [6, 6.07) is 0.847. The Morgan fingerprint density at radius 1 is 1.48 bits per heavy atom. The first-order valence-electron chi connectivity index (χ1n) is 7.87. The van der Waals surface area contributed by atoms with Crippen LogP contribution in [0.2, 0.25) is 0 Å². The molecule has 2 heterocycles. The number of halogens is 3. The van der Waals surface area contributed by atoms with E-state index in [1.807, 2.05) is 0 Å². The van der Waals surface area contributed by atoms with Gasteiger partial charge in [-0.2, -0.15) is 8.78 Å². The number of carboxylic acid groups (broad SMARTS) is 1. The Bertz CT molecular complexity index is 880. The van der Waals surface area contributed by atoms with Gasteiger partial charge >= 0.3 is 5.97 Å². The number of amides is 1. The van der Waals surface area contributed by atoms with Gasteiger partial charge in [-0.15, -0.1) is 22.9 Å². The van der Waals surface area contributed by atoms with Crippen molar-refractivity contribution in [1.82, 2.24) is 4.90 Å². The summed E-state index contributed by atoms with van der Waals surface area (Å²) in [5.74, 6) is -4.42. The van der Waals surface area contributed by atoms with E-state index in [2.05, 4.69) is 0 Å². The minimum atomic E-state index is -2.59. The van der Waals surface area contributed by atoms with E-state index in [0.717, 1.165) is 11.3 Å². The van der Waals surface area contributed by atoms with Gasteiger partial charge < -0.3 is 10.0 Å². The molecule has 27 heavy (non-hydrogen) atoms. The Labute approximate surface area is 166 Å². The summed E-state index contributed by atoms with van der Waals surface area (Å²) in [4.78, 5) is 37.7. The van der Waals surface area contributed by atoms with E-state index >= 15 is 0 Å². The van der Waals surface area contributed by atoms with Gasteiger partial charge in [-0.25, -0.2) is 0 Å². The van der Waals surface area contributed by atoms with Crippen molar-refractivity contribution in [3.8, 4) is 0 Å². The van der Waals surface area contributed by atoms with Crippen LogP contribution in [-0.2, 0) is 9.59 Å². The van der Waals surface area contributed by atoms with Crippen molar-refractivity contribution in [1.29, 1.82) is 0 Å². The molecule has 1 amide bonds. The molecule has 1 aliphatic carbocycles. The SMILES string of the molecule is CC1=C(CC(=O)O)C2=CC(=O)C(Cl)CC2N1C(=O)c1csc(SC(F)F)c1. The average molecular weight is 434 g/mol. The van der Waals surface area contributed by atoms with Gasteiger partial charge in [-0.3, -0.25) is 14.4 Å². The third-order valence-electron chi connectivity index (χ3n) is 4.43. The maximum atomic E-state index is 13.0. The molecule has 1 aromatic rings. The fraction of sp³-hybridized carbons (Fsp3) is 0.353. The van der Waals surface area contributed by atoms with Crippen molar-refractivity contribution in [2.75, 3.05) is 0 Å². The molecule has 0 saturated carbocycles. The van der Waals surface area contributed by atoms with Crippen LogP contribution in [0.4, 0.5) is 8.78 Å². The van der Waals surface area contributed by atoms with Gasteiger partial charge in [0.1, 0.15) is 0 Å². The van der Waals surface area contributed by atoms with Crippen LogP contribution in [0, 0.1) is 0 Å². The Morgan fingerprint density at radius 3 is 2.81 bits per heavy atom. The van der Waals surface area contributed by atoms with E-state index in [4.69, 9.17) is 11.6 Å². The zero-order valence-corrected chi connectivity index (χ0v) is 16.3. The molecule has 1 N–H and O–H groups in total. The predicted octanol–water partition coefficient (Wildman–Crippen LogP) is 4.14. The average Bonchev–Trinajstić information content (AvgIpc) is 3.11. The molecule has 0 aromatic carbocycles. The van der Waals surface area contributed by atoms with Gasteiger partial charge in [0.25, 0.3) is 11.7 Å². The van der Waals surface area contributed by atoms with Crippen molar-refractivity contribution in [2.24, 2.45) is 0 Å². The monoisotopic (exact) mass is 433 g/mol. The molecule has 2 aliphatic rings. The van der Waals surface area contributed by atoms with Crippen molar-refractivity contribution in [2.45, 2.75) is 41.2 Å². The molecule has 0 radical (unpaired) electrons. The summed E-state index contributed by atoms with van der Waals surface area (Å²) in [6.07, 6.45) is 1.15. The molecule has 144 valence electrons. The molecule has 1 aliphatic heterocycles. The number of aliphatic carboxylic acids is 1. The third-order valence-corrected chi connectivity index (χ3v) is 6.65. The molecular weight excluding hydrogens is 420 g/mol. The molecule has 10 heteroatoms. The number of nitrogens with zero attached hydrogens (tertiary/aromatic N) is 1. The molecule has 0 bridgehead atoms. The second-order valence-electron chi connectivity index (χ2n) is 6.06. The fourth-order valence-corrected chi connectivity index (χ4v) is 5.09. The summed E-state index contributed by atoms with van der Waals surface area (Å²) < 4.78 is 25.4. The van der Waals surface area contributed by atoms with Crippen LogP contribution >= 0.6 is 34.7 Å². The number of alkyl halides is 3. The molecule has 3 rings (SSSR count). The molecule has 0 fully saturated rings. The number of allylic oxidation sites excluding steroid dienone is 2. The van der Waals surface area contributed by atoms with E-state index in [-0.39, 0.29) is 24.2 Å². The highest BCUT2D eigenvalue weighted by Gasteiger charge is 2.43. The maximum absolute atomic E-state index is 13.0. The van der Waals surface area contributed by atoms with E-state index in [1.165, 1.54) is 22.4 Å². The number of carbonyl (C=O) groups is 3. The summed E-state index contributed by atoms with van der Waals surface area (Å²) in [5, 5.41) is 9.87. The predicted molar refractivity (Wildman–Crippen MR) is 98.4 cm³/mol. The summed E-state index contributed by atoms with van der Waals surface area (Å²) in [5.41, 5.74) is 1.57. The van der Waals surface area contributed by atoms with Gasteiger partial charge in [0.2, 0.25) is 0 Å². The zero-order valence-electron chi connectivity index (χ0n) is 13.9. The number of hydrogen-bond acceptors (Lipinski definition) is 5. The van der Waals surface area contributed by atoms with Crippen LogP contribution in [0.5, 0.6) is 0 Å². The van der Waals surface area contributed by atoms with Crippen LogP contribution in [0.25, 0.3) is 0 Å². The van der Waals surface area contributed by atoms with Gasteiger partial charge in [0.15, 0.2) is 5.78 Å². The minimum Gasteiger partial charge on any atom is -0.481 e. The van der Waals surface area contributed by atoms with Crippen LogP contribution in [0.1, 0.15) is 30.1 Å². The van der Waals surface area contributed by atoms with Gasteiger partial charge in [0.05, 0.1) is 27.6 Å². The van der Waals surface area contributed by atoms with Crippen LogP contribution in [0.15, 0.2) is 38.6 Å². The van der Waals surface area contributed by atoms with Crippen molar-refractivity contribution in [3.63, 3.8) is 0 Å². The quantitative estimate of drug-likeness (QED) is 0.558. The van der Waals surface area contributed by atoms with Crippen molar-refractivity contribution in [3.05, 3.63) is 39.9 Å². The smallest absolute Gasteiger partial charge is 0.307 e. The number of carbonyl (C=O) groups excluding carboxylic acids is 2. The number of rotatable bonds is 5. The summed E-state index contributed by atoms with van der Waals surface area (Å²) in [6.45, 7) is 1.62. The first kappa shape index (κ1) is 20.0. The molecule has 5 nitrogen and oxygen atoms in total. The van der Waals surface area contributed by atoms with Crippen molar-refractivity contribution < 1.29 is 28.3 Å². The largest absolute Gasteiger partial charge is 0.481 e. The molecule has 0 saturated heterocycles. The number of hydrogen-bond donors (Lipinski definition) is 1. The highest BCUT2D eigenvalue weighted by atomic mass is 35.5. The highest BCUT2D eigenvalue weighted by molar-refractivity contribution is 8.01. The van der Waals surface area contributed by atoms with Crippen LogP contribution in [-0.4, -0.2) is 44.8 Å². The zero-order chi connectivity index (χ0) is 19.9. The maximum Gasteiger partial charge on any atom is 0.307 e. The lowest BCUT2D eigenvalue weighted by Crippen LogP contribution is -2.40. The third kappa shape index (κ3) is 3.95. The Hall–Kier alpha value is -1.71. The second-order valence-corrected chi connectivity index (χ2v) is 8.79. The van der Waals surface area contributed by atoms with E-state index in [9.17, 15) is 28.3 Å². The lowest BCUT2D eigenvalue weighted by Gasteiger charge is -2.30. The Morgan fingerprint density at radius 2 is 2.19 bits per heavy atom. The molecule has 1 aromatic heterocycles. The summed E-state index contributed by atoms with van der Waals surface area (Å²) in [7, 11) is 0. The molecule has 2 unspecified atom stereocenters. The second kappa shape index (κ2) is 7.73. The lowest BCUT2D eigenvalue weighted by atomic mass is 9.89. The standard InChI is InChI=1S/C17H14ClF2NO4S2/c1-7-9(4-14(23)24)10-3-13(22)11(18)5-12(10)21(7)16(25)8-2-15(26-6-8)27-17(19)20/h2-3,6,11-12,17H,4-5H2,1H3,(H,23,24). The molecular formula is C17H14ClF2NO4S2. The number of thioether (sulfide) groups is 1. The minimum absolute atomic E-state index is 0.168. The Balaban J connectivity index is 1.97. The molecule has 2 atom stereocenters. The summed E-state index contributed by atoms with van der Waals surface area (Å²) >= 11 is 7.46. The van der Waals surface area contributed by atoms with Gasteiger partial charge in [0, 0.05) is 11.1 Å². The van der Waals surface area contributed by atoms with E-state index in [1.54, 1.807) is 6.92 Å². The highest BCUT2D eigenvalue weighted by Crippen LogP contribution is 2.42. The topological polar surface area (TPSA) is 74.7 Å². The normalized spacial score (nSPS) is 22.3.